The molecule has 0 amide bonds. The fourth-order valence-electron chi connectivity index (χ4n) is 10.9. The van der Waals surface area contributed by atoms with E-state index in [2.05, 4.69) is 214 Å². The first kappa shape index (κ1) is 36.6. The highest BCUT2D eigenvalue weighted by atomic mass is 32.1. The first-order valence-electron chi connectivity index (χ1n) is 22.0. The van der Waals surface area contributed by atoms with Crippen LogP contribution in [0.15, 0.2) is 162 Å². The smallest absolute Gasteiger partial charge is 0.252 e. The summed E-state index contributed by atoms with van der Waals surface area (Å²) in [5.41, 5.74) is 20.1. The van der Waals surface area contributed by atoms with Crippen LogP contribution in [0, 0.1) is 20.8 Å². The predicted molar refractivity (Wildman–Crippen MR) is 270 cm³/mol. The standard InChI is InChI=1S/C57H44BN3OS/c1-33-28-48-53-49(29-33)61-54-41(52-40-19-10-14-25-51(40)63-56(52)61)30-36(57(4,5)6)31-43(54)58(53)42-27-26-37(59(44-21-11-7-16-34(44)2)45-22-12-8-17-35(45)3)32-47(42)60(48)46-23-15-20-39-38-18-9-13-24-50(38)62-55(39)46/h7-32H,1-6H3. The van der Waals surface area contributed by atoms with E-state index >= 15 is 0 Å². The molecule has 0 bridgehead atoms. The second-order valence-electron chi connectivity index (χ2n) is 18.7. The Morgan fingerprint density at radius 3 is 2.02 bits per heavy atom. The van der Waals surface area contributed by atoms with Crippen LogP contribution in [-0.2, 0) is 5.41 Å². The largest absolute Gasteiger partial charge is 0.454 e. The molecule has 13 rings (SSSR count). The van der Waals surface area contributed by atoms with Crippen LogP contribution in [0.5, 0.6) is 0 Å². The molecule has 8 aromatic carbocycles. The van der Waals surface area contributed by atoms with Crippen molar-refractivity contribution in [3.8, 4) is 5.69 Å². The van der Waals surface area contributed by atoms with Crippen LogP contribution in [0.25, 0.3) is 58.8 Å². The third-order valence-electron chi connectivity index (χ3n) is 13.8. The predicted octanol–water partition coefficient (Wildman–Crippen LogP) is 14.2. The maximum absolute atomic E-state index is 6.92. The topological polar surface area (TPSA) is 24.6 Å². The molecular weight excluding hydrogens is 786 g/mol. The van der Waals surface area contributed by atoms with Gasteiger partial charge < -0.3 is 18.8 Å². The molecule has 0 fully saturated rings. The first-order chi connectivity index (χ1) is 30.6. The summed E-state index contributed by atoms with van der Waals surface area (Å²) in [6, 6.07) is 58.7. The summed E-state index contributed by atoms with van der Waals surface area (Å²) in [4.78, 5) is 6.29. The summed E-state index contributed by atoms with van der Waals surface area (Å²) in [5.74, 6) is 0. The lowest BCUT2D eigenvalue weighted by atomic mass is 9.33. The quantitative estimate of drug-likeness (QED) is 0.165. The Hall–Kier alpha value is -7.02. The third kappa shape index (κ3) is 5.10. The zero-order chi connectivity index (χ0) is 42.5. The highest BCUT2D eigenvalue weighted by Gasteiger charge is 2.44. The van der Waals surface area contributed by atoms with Crippen molar-refractivity contribution in [2.24, 2.45) is 0 Å². The minimum absolute atomic E-state index is 0.0104. The number of aryl methyl sites for hydroxylation is 3. The number of rotatable bonds is 4. The van der Waals surface area contributed by atoms with Gasteiger partial charge in [-0.1, -0.05) is 118 Å². The van der Waals surface area contributed by atoms with Crippen LogP contribution in [0.4, 0.5) is 34.1 Å². The van der Waals surface area contributed by atoms with Crippen molar-refractivity contribution in [3.63, 3.8) is 0 Å². The van der Waals surface area contributed by atoms with Gasteiger partial charge in [0, 0.05) is 65.8 Å². The summed E-state index contributed by atoms with van der Waals surface area (Å²) in [6.07, 6.45) is 0. The van der Waals surface area contributed by atoms with Gasteiger partial charge in [-0.2, -0.15) is 0 Å². The summed E-state index contributed by atoms with van der Waals surface area (Å²) >= 11 is 1.92. The molecule has 0 aliphatic carbocycles. The Bertz CT molecular complexity index is 3700. The molecule has 5 heterocycles. The number of hydrogen-bond acceptors (Lipinski definition) is 4. The molecule has 3 aromatic heterocycles. The van der Waals surface area contributed by atoms with Crippen LogP contribution in [0.2, 0.25) is 0 Å². The third-order valence-corrected chi connectivity index (χ3v) is 15.0. The zero-order valence-electron chi connectivity index (χ0n) is 36.2. The average Bonchev–Trinajstić information content (AvgIpc) is 3.95. The first-order valence-corrected chi connectivity index (χ1v) is 22.9. The van der Waals surface area contributed by atoms with Crippen LogP contribution in [0.3, 0.4) is 0 Å². The fourth-order valence-corrected chi connectivity index (χ4v) is 12.1. The molecule has 0 spiro atoms. The summed E-state index contributed by atoms with van der Waals surface area (Å²) < 4.78 is 10.9. The van der Waals surface area contributed by atoms with E-state index in [0.717, 1.165) is 50.4 Å². The number of para-hydroxylation sites is 4. The van der Waals surface area contributed by atoms with E-state index < -0.39 is 0 Å². The molecular formula is C57H44BN3OS. The van der Waals surface area contributed by atoms with Gasteiger partial charge in [0.05, 0.1) is 11.2 Å². The number of furan rings is 1. The summed E-state index contributed by atoms with van der Waals surface area (Å²) in [5, 5.41) is 6.28. The normalized spacial score (nSPS) is 13.2. The Morgan fingerprint density at radius 2 is 1.25 bits per heavy atom. The van der Waals surface area contributed by atoms with Crippen molar-refractivity contribution in [2.45, 2.75) is 47.0 Å². The van der Waals surface area contributed by atoms with Crippen LogP contribution < -0.4 is 26.2 Å². The van der Waals surface area contributed by atoms with Crippen LogP contribution in [-0.4, -0.2) is 11.3 Å². The molecule has 0 saturated carbocycles. The molecule has 63 heavy (non-hydrogen) atoms. The van der Waals surface area contributed by atoms with Gasteiger partial charge in [0.25, 0.3) is 6.71 Å². The molecule has 0 atom stereocenters. The van der Waals surface area contributed by atoms with Crippen molar-refractivity contribution >= 4 is 122 Å². The Labute approximate surface area is 371 Å². The highest BCUT2D eigenvalue weighted by molar-refractivity contribution is 7.26. The molecule has 4 nitrogen and oxygen atoms in total. The number of thiophene rings is 1. The fraction of sp³-hybridized carbons (Fsp3) is 0.123. The molecule has 2 aliphatic heterocycles. The van der Waals surface area contributed by atoms with Crippen LogP contribution in [0.1, 0.15) is 43.0 Å². The van der Waals surface area contributed by atoms with Crippen molar-refractivity contribution in [1.82, 2.24) is 4.57 Å². The second kappa shape index (κ2) is 13.0. The molecule has 302 valence electrons. The average molecular weight is 830 g/mol. The van der Waals surface area contributed by atoms with Crippen molar-refractivity contribution in [2.75, 3.05) is 9.80 Å². The lowest BCUT2D eigenvalue weighted by Crippen LogP contribution is -2.60. The number of nitrogens with zero attached hydrogens (tertiary/aromatic N) is 3. The number of hydrogen-bond donors (Lipinski definition) is 0. The van der Waals surface area contributed by atoms with E-state index in [0.29, 0.717) is 0 Å². The maximum Gasteiger partial charge on any atom is 0.252 e. The molecule has 11 aromatic rings. The Balaban J connectivity index is 1.18. The minimum atomic E-state index is -0.0623. The Kier molecular flexibility index (Phi) is 7.56. The highest BCUT2D eigenvalue weighted by Crippen LogP contribution is 2.50. The van der Waals surface area contributed by atoms with Gasteiger partial charge in [-0.3, -0.25) is 0 Å². The maximum atomic E-state index is 6.92. The second-order valence-corrected chi connectivity index (χ2v) is 19.7. The number of aromatic nitrogens is 1. The molecule has 0 radical (unpaired) electrons. The van der Waals surface area contributed by atoms with Gasteiger partial charge >= 0.3 is 0 Å². The van der Waals surface area contributed by atoms with Crippen molar-refractivity contribution in [3.05, 3.63) is 180 Å². The lowest BCUT2D eigenvalue weighted by molar-refractivity contribution is 0.591. The van der Waals surface area contributed by atoms with Gasteiger partial charge in [-0.15, -0.1) is 11.3 Å². The Morgan fingerprint density at radius 1 is 0.571 bits per heavy atom. The number of benzene rings is 8. The molecule has 0 saturated heterocycles. The van der Waals surface area contributed by atoms with Gasteiger partial charge in [0.2, 0.25) is 0 Å². The van der Waals surface area contributed by atoms with E-state index in [1.165, 1.54) is 81.2 Å². The molecule has 6 heteroatoms. The monoisotopic (exact) mass is 829 g/mol. The van der Waals surface area contributed by atoms with Gasteiger partial charge in [-0.05, 0) is 125 Å². The van der Waals surface area contributed by atoms with E-state index in [9.17, 15) is 0 Å². The molecule has 0 unspecified atom stereocenters. The molecule has 0 N–H and O–H groups in total. The number of anilines is 6. The SMILES string of the molecule is Cc1cc2c3c(c1)-n1c4sc5ccccc5c4c4cc(C(C)(C)C)cc(c41)B3c1ccc(N(c3ccccc3C)c3ccccc3C)cc1N2c1cccc2c1oc1ccccc12. The van der Waals surface area contributed by atoms with Crippen molar-refractivity contribution in [1.29, 1.82) is 0 Å². The number of fused-ring (bicyclic) bond motifs is 12. The van der Waals surface area contributed by atoms with Gasteiger partial charge in [-0.25, -0.2) is 0 Å². The van der Waals surface area contributed by atoms with E-state index in [-0.39, 0.29) is 12.1 Å². The van der Waals surface area contributed by atoms with Gasteiger partial charge in [0.15, 0.2) is 5.58 Å². The lowest BCUT2D eigenvalue weighted by Gasteiger charge is -2.41. The van der Waals surface area contributed by atoms with E-state index in [1.807, 2.05) is 11.3 Å². The van der Waals surface area contributed by atoms with E-state index in [1.54, 1.807) is 0 Å². The molecule has 2 aliphatic rings. The van der Waals surface area contributed by atoms with Crippen molar-refractivity contribution < 1.29 is 4.42 Å². The van der Waals surface area contributed by atoms with E-state index in [4.69, 9.17) is 4.42 Å². The minimum Gasteiger partial charge on any atom is -0.454 e. The zero-order valence-corrected chi connectivity index (χ0v) is 37.1. The van der Waals surface area contributed by atoms with Crippen LogP contribution >= 0.6 is 11.3 Å². The summed E-state index contributed by atoms with van der Waals surface area (Å²) in [7, 11) is 0. The van der Waals surface area contributed by atoms with Gasteiger partial charge in [0.1, 0.15) is 10.4 Å². The summed E-state index contributed by atoms with van der Waals surface area (Å²) in [6.45, 7) is 13.7.